The number of hydrogen-bond acceptors (Lipinski definition) is 11. The summed E-state index contributed by atoms with van der Waals surface area (Å²) in [4.78, 5) is 79.9. The highest BCUT2D eigenvalue weighted by molar-refractivity contribution is 7.13. The Morgan fingerprint density at radius 3 is 2.35 bits per heavy atom. The van der Waals surface area contributed by atoms with Crippen molar-refractivity contribution in [1.82, 2.24) is 55.2 Å². The van der Waals surface area contributed by atoms with Crippen molar-refractivity contribution in [3.05, 3.63) is 87.9 Å². The number of carbonyl (C=O) groups excluding carboxylic acids is 5. The number of piperidine rings is 1. The Kier molecular flexibility index (Phi) is 17.1. The number of halogens is 2. The second-order valence-corrected chi connectivity index (χ2v) is 22.6. The molecule has 6 amide bonds. The van der Waals surface area contributed by atoms with E-state index in [0.717, 1.165) is 51.4 Å². The monoisotopic (exact) mass is 1080 g/mol. The predicted molar refractivity (Wildman–Crippen MR) is 289 cm³/mol. The van der Waals surface area contributed by atoms with Crippen LogP contribution in [0.25, 0.3) is 21.6 Å². The SMILES string of the molecule is CNC(=O)N1CCc2c(c(N3CCCc4cc(-c5cnn(C)c5)c(C(F)F)cc43)nn2C2CCN(C(=O)CCOCCC(=O)NCC(C(=O)N3CCC[C@H]3C(=O)NCc3ccc(-c4scnc4C)cc3)C(C)(C)C)CC2)C1. The zero-order valence-electron chi connectivity index (χ0n) is 45.1. The third-order valence-corrected chi connectivity index (χ3v) is 16.6. The van der Waals surface area contributed by atoms with Crippen molar-refractivity contribution < 1.29 is 37.5 Å². The van der Waals surface area contributed by atoms with Crippen LogP contribution in [0, 0.1) is 18.3 Å². The molecule has 3 aromatic heterocycles. The summed E-state index contributed by atoms with van der Waals surface area (Å²) in [5, 5.41) is 18.2. The lowest BCUT2D eigenvalue weighted by molar-refractivity contribution is -0.144. The van der Waals surface area contributed by atoms with Crippen molar-refractivity contribution in [2.24, 2.45) is 18.4 Å². The first kappa shape index (κ1) is 55.0. The summed E-state index contributed by atoms with van der Waals surface area (Å²) >= 11 is 1.59. The first-order valence-corrected chi connectivity index (χ1v) is 27.8. The fourth-order valence-corrected chi connectivity index (χ4v) is 12.1. The number of thiazole rings is 1. The van der Waals surface area contributed by atoms with Crippen LogP contribution in [0.15, 0.2) is 54.3 Å². The summed E-state index contributed by atoms with van der Waals surface area (Å²) < 4.78 is 39.0. The van der Waals surface area contributed by atoms with Crippen molar-refractivity contribution in [3.63, 3.8) is 0 Å². The number of ether oxygens (including phenoxy) is 1. The van der Waals surface area contributed by atoms with Crippen LogP contribution in [0.1, 0.15) is 112 Å². The number of rotatable bonds is 17. The van der Waals surface area contributed by atoms with E-state index in [4.69, 9.17) is 9.84 Å². The van der Waals surface area contributed by atoms with E-state index in [1.54, 1.807) is 58.4 Å². The molecule has 2 fully saturated rings. The Hall–Kier alpha value is -6.74. The molecule has 0 saturated carbocycles. The molecule has 4 aliphatic rings. The van der Waals surface area contributed by atoms with Gasteiger partial charge in [0.2, 0.25) is 23.6 Å². The van der Waals surface area contributed by atoms with Crippen LogP contribution in [-0.4, -0.2) is 134 Å². The Morgan fingerprint density at radius 2 is 1.66 bits per heavy atom. The molecule has 5 aromatic rings. The molecule has 1 unspecified atom stereocenters. The molecule has 18 nitrogen and oxygen atoms in total. The fraction of sp³-hybridized carbons (Fsp3) is 0.536. The van der Waals surface area contributed by atoms with Crippen LogP contribution in [0.5, 0.6) is 0 Å². The van der Waals surface area contributed by atoms with Gasteiger partial charge in [-0.2, -0.15) is 10.2 Å². The first-order valence-electron chi connectivity index (χ1n) is 27.0. The standard InChI is InChI=1S/C56H72F2N12O6S/c1-35-50(77-34-62-35)37-13-11-36(12-14-37)29-61-53(73)46-10-8-21-69(46)54(74)44(56(2,3)4)31-60-48(71)18-25-76-26-19-49(72)66-22-15-40(16-23-66)70-45-17-24-67(55(75)59-5)33-43(45)52(64-70)68-20-7-9-38-27-41(39-30-63-65(6)32-39)42(51(57)58)28-47(38)68/h11-14,27-28,30,32,34,40,44,46,51H,7-10,15-26,29,31,33H2,1-6H3,(H,59,75)(H,60,71)(H,61,73)/t44?,46-/m0/s1. The molecule has 7 heterocycles. The number of urea groups is 1. The lowest BCUT2D eigenvalue weighted by Crippen LogP contribution is -2.52. The average Bonchev–Trinajstić information content (AvgIpc) is 4.28. The number of aromatic nitrogens is 5. The molecule has 0 spiro atoms. The Bertz CT molecular complexity index is 2940. The second kappa shape index (κ2) is 23.9. The molecule has 0 bridgehead atoms. The molecule has 21 heteroatoms. The van der Waals surface area contributed by atoms with Crippen molar-refractivity contribution in [1.29, 1.82) is 0 Å². The maximum Gasteiger partial charge on any atom is 0.317 e. The quantitative estimate of drug-likeness (QED) is 0.0787. The van der Waals surface area contributed by atoms with Crippen molar-refractivity contribution in [3.8, 4) is 21.6 Å². The number of anilines is 2. The van der Waals surface area contributed by atoms with Crippen LogP contribution in [0.3, 0.4) is 0 Å². The molecule has 4 aliphatic heterocycles. The number of carbonyl (C=O) groups is 5. The number of aryl methyl sites for hydroxylation is 3. The number of likely N-dealkylation sites (tertiary alicyclic amines) is 2. The minimum absolute atomic E-state index is 0.0136. The normalized spacial score (nSPS) is 17.3. The van der Waals surface area contributed by atoms with Gasteiger partial charge in [0.25, 0.3) is 6.43 Å². The van der Waals surface area contributed by atoms with Crippen molar-refractivity contribution >= 4 is 52.5 Å². The summed E-state index contributed by atoms with van der Waals surface area (Å²) in [7, 11) is 3.37. The Balaban J connectivity index is 0.745. The number of nitrogens with one attached hydrogen (secondary N) is 3. The molecule has 0 radical (unpaired) electrons. The molecule has 412 valence electrons. The van der Waals surface area contributed by atoms with E-state index in [-0.39, 0.29) is 73.9 Å². The highest BCUT2D eigenvalue weighted by Gasteiger charge is 2.42. The summed E-state index contributed by atoms with van der Waals surface area (Å²) in [6.45, 7) is 11.5. The number of amides is 6. The first-order chi connectivity index (χ1) is 37.0. The molecule has 2 aromatic carbocycles. The smallest absolute Gasteiger partial charge is 0.317 e. The van der Waals surface area contributed by atoms with Crippen LogP contribution in [0.4, 0.5) is 25.1 Å². The number of alkyl halides is 2. The van der Waals surface area contributed by atoms with Crippen LogP contribution in [0.2, 0.25) is 0 Å². The fourth-order valence-electron chi connectivity index (χ4n) is 11.3. The van der Waals surface area contributed by atoms with E-state index in [0.29, 0.717) is 101 Å². The van der Waals surface area contributed by atoms with E-state index in [9.17, 15) is 32.8 Å². The van der Waals surface area contributed by atoms with Gasteiger partial charge in [-0.15, -0.1) is 11.3 Å². The molecule has 3 N–H and O–H groups in total. The average molecular weight is 1080 g/mol. The van der Waals surface area contributed by atoms with Gasteiger partial charge in [0.15, 0.2) is 5.82 Å². The van der Waals surface area contributed by atoms with Gasteiger partial charge in [-0.1, -0.05) is 45.0 Å². The number of nitrogens with zero attached hydrogens (tertiary/aromatic N) is 9. The van der Waals surface area contributed by atoms with Gasteiger partial charge in [-0.3, -0.25) is 28.5 Å². The molecule has 2 saturated heterocycles. The maximum atomic E-state index is 14.8. The van der Waals surface area contributed by atoms with Gasteiger partial charge in [-0.05, 0) is 85.3 Å². The summed E-state index contributed by atoms with van der Waals surface area (Å²) in [6, 6.07) is 10.7. The minimum atomic E-state index is -2.71. The van der Waals surface area contributed by atoms with Crippen molar-refractivity contribution in [2.45, 2.75) is 117 Å². The summed E-state index contributed by atoms with van der Waals surface area (Å²) in [5.41, 5.74) is 8.96. The Morgan fingerprint density at radius 1 is 0.896 bits per heavy atom. The Labute approximate surface area is 452 Å². The lowest BCUT2D eigenvalue weighted by atomic mass is 9.79. The van der Waals surface area contributed by atoms with Gasteiger partial charge >= 0.3 is 6.03 Å². The number of hydrogen-bond donors (Lipinski definition) is 3. The third-order valence-electron chi connectivity index (χ3n) is 15.7. The lowest BCUT2D eigenvalue weighted by Gasteiger charge is -2.35. The van der Waals surface area contributed by atoms with Crippen LogP contribution < -0.4 is 20.9 Å². The summed E-state index contributed by atoms with van der Waals surface area (Å²) in [6.07, 6.45) is 5.56. The van der Waals surface area contributed by atoms with Gasteiger partial charge in [-0.25, -0.2) is 18.6 Å². The number of fused-ring (bicyclic) bond motifs is 2. The predicted octanol–water partition coefficient (Wildman–Crippen LogP) is 7.48. The van der Waals surface area contributed by atoms with E-state index < -0.39 is 23.8 Å². The van der Waals surface area contributed by atoms with Gasteiger partial charge in [0.1, 0.15) is 6.04 Å². The van der Waals surface area contributed by atoms with E-state index >= 15 is 0 Å². The van der Waals surface area contributed by atoms with E-state index in [2.05, 4.69) is 30.7 Å². The maximum absolute atomic E-state index is 14.8. The largest absolute Gasteiger partial charge is 0.380 e. The summed E-state index contributed by atoms with van der Waals surface area (Å²) in [5.74, 6) is -0.550. The third kappa shape index (κ3) is 12.4. The van der Waals surface area contributed by atoms with Crippen molar-refractivity contribution in [2.75, 3.05) is 64.4 Å². The molecular weight excluding hydrogens is 1010 g/mol. The van der Waals surface area contributed by atoms with Gasteiger partial charge < -0.3 is 40.3 Å². The molecule has 77 heavy (non-hydrogen) atoms. The van der Waals surface area contributed by atoms with Crippen LogP contribution in [-0.2, 0) is 56.9 Å². The second-order valence-electron chi connectivity index (χ2n) is 21.8. The van der Waals surface area contributed by atoms with E-state index in [1.807, 2.05) is 73.3 Å². The highest BCUT2D eigenvalue weighted by Crippen LogP contribution is 2.44. The zero-order valence-corrected chi connectivity index (χ0v) is 45.9. The molecule has 2 atom stereocenters. The van der Waals surface area contributed by atoms with E-state index in [1.165, 1.54) is 0 Å². The topological polar surface area (TPSA) is 192 Å². The highest BCUT2D eigenvalue weighted by atomic mass is 32.1. The molecule has 0 aliphatic carbocycles. The van der Waals surface area contributed by atoms with Crippen LogP contribution >= 0.6 is 11.3 Å². The minimum Gasteiger partial charge on any atom is -0.380 e. The van der Waals surface area contributed by atoms with Gasteiger partial charge in [0, 0.05) is 107 Å². The zero-order chi connectivity index (χ0) is 54.5. The number of benzene rings is 2. The molecular formula is C56H72F2N12O6S. The van der Waals surface area contributed by atoms with Gasteiger partial charge in [0.05, 0.1) is 60.4 Å². The molecule has 9 rings (SSSR count).